The van der Waals surface area contributed by atoms with Crippen LogP contribution in [0.15, 0.2) is 126 Å². The first-order chi connectivity index (χ1) is 18.7. The number of fused-ring (bicyclic) bond motifs is 3. The highest BCUT2D eigenvalue weighted by Gasteiger charge is 2.16. The van der Waals surface area contributed by atoms with Gasteiger partial charge < -0.3 is 13.7 Å². The van der Waals surface area contributed by atoms with E-state index in [-0.39, 0.29) is 0 Å². The molecular weight excluding hydrogens is 490 g/mol. The van der Waals surface area contributed by atoms with Crippen LogP contribution in [0.25, 0.3) is 44.0 Å². The standard InChI is InChI=1S/C32H24ClN5/c1-36-29-11-5-2-8-22(29)18-32(36)27-19-37(30-12-6-3-9-25(27)30)21-38-20-28(26-10-4-7-13-31(26)38)35-34-24-16-14-23(33)15-17-24/h2-20H,21H2,1H3. The highest BCUT2D eigenvalue weighted by Crippen LogP contribution is 2.35. The summed E-state index contributed by atoms with van der Waals surface area (Å²) >= 11 is 6.02. The number of aryl methyl sites for hydroxylation is 1. The van der Waals surface area contributed by atoms with Crippen LogP contribution in [0.2, 0.25) is 5.02 Å². The Morgan fingerprint density at radius 2 is 1.29 bits per heavy atom. The number of aromatic nitrogens is 3. The number of para-hydroxylation sites is 3. The quantitative estimate of drug-likeness (QED) is 0.206. The molecule has 0 unspecified atom stereocenters. The Hall–Kier alpha value is -4.61. The van der Waals surface area contributed by atoms with Crippen molar-refractivity contribution < 1.29 is 0 Å². The van der Waals surface area contributed by atoms with E-state index in [9.17, 15) is 0 Å². The first kappa shape index (κ1) is 22.6. The highest BCUT2D eigenvalue weighted by molar-refractivity contribution is 6.30. The van der Waals surface area contributed by atoms with Crippen molar-refractivity contribution in [3.63, 3.8) is 0 Å². The van der Waals surface area contributed by atoms with Gasteiger partial charge in [-0.2, -0.15) is 5.11 Å². The first-order valence-corrected chi connectivity index (χ1v) is 12.9. The van der Waals surface area contributed by atoms with Crippen molar-refractivity contribution in [3.8, 4) is 11.3 Å². The van der Waals surface area contributed by atoms with Crippen molar-refractivity contribution in [1.29, 1.82) is 0 Å². The fraction of sp³-hybridized carbons (Fsp3) is 0.0625. The molecule has 0 amide bonds. The number of azo groups is 1. The second-order valence-corrected chi connectivity index (χ2v) is 9.93. The highest BCUT2D eigenvalue weighted by atomic mass is 35.5. The van der Waals surface area contributed by atoms with Gasteiger partial charge in [0, 0.05) is 51.7 Å². The van der Waals surface area contributed by atoms with Crippen LogP contribution >= 0.6 is 11.6 Å². The summed E-state index contributed by atoms with van der Waals surface area (Å²) in [7, 11) is 2.14. The Bertz CT molecular complexity index is 1970. The van der Waals surface area contributed by atoms with Crippen molar-refractivity contribution in [1.82, 2.24) is 13.7 Å². The van der Waals surface area contributed by atoms with Crippen LogP contribution in [0.4, 0.5) is 11.4 Å². The number of benzene rings is 4. The van der Waals surface area contributed by atoms with Gasteiger partial charge in [0.25, 0.3) is 0 Å². The lowest BCUT2D eigenvalue weighted by Crippen LogP contribution is -2.05. The Balaban J connectivity index is 1.32. The molecule has 38 heavy (non-hydrogen) atoms. The van der Waals surface area contributed by atoms with Crippen LogP contribution in [-0.4, -0.2) is 13.7 Å². The molecule has 0 saturated carbocycles. The lowest BCUT2D eigenvalue weighted by Gasteiger charge is -2.08. The van der Waals surface area contributed by atoms with Crippen LogP contribution < -0.4 is 0 Å². The molecule has 0 saturated heterocycles. The number of hydrogen-bond donors (Lipinski definition) is 0. The van der Waals surface area contributed by atoms with Gasteiger partial charge in [0.1, 0.15) is 5.69 Å². The molecule has 7 rings (SSSR count). The van der Waals surface area contributed by atoms with Gasteiger partial charge >= 0.3 is 0 Å². The lowest BCUT2D eigenvalue weighted by molar-refractivity contribution is 0.647. The first-order valence-electron chi connectivity index (χ1n) is 12.5. The van der Waals surface area contributed by atoms with Crippen molar-refractivity contribution in [3.05, 3.63) is 121 Å². The van der Waals surface area contributed by atoms with Crippen LogP contribution in [0.3, 0.4) is 0 Å². The molecule has 6 heteroatoms. The maximum atomic E-state index is 6.02. The average molecular weight is 514 g/mol. The monoisotopic (exact) mass is 513 g/mol. The molecule has 3 heterocycles. The molecule has 0 aliphatic carbocycles. The fourth-order valence-corrected chi connectivity index (χ4v) is 5.45. The maximum absolute atomic E-state index is 6.02. The van der Waals surface area contributed by atoms with Crippen molar-refractivity contribution in [2.45, 2.75) is 6.67 Å². The number of halogens is 1. The van der Waals surface area contributed by atoms with Crippen molar-refractivity contribution in [2.24, 2.45) is 17.3 Å². The topological polar surface area (TPSA) is 39.5 Å². The minimum atomic E-state index is 0.654. The van der Waals surface area contributed by atoms with Gasteiger partial charge in [-0.05, 0) is 48.5 Å². The average Bonchev–Trinajstić information content (AvgIpc) is 3.61. The normalized spacial score (nSPS) is 11.9. The molecule has 0 bridgehead atoms. The second kappa shape index (κ2) is 9.05. The molecule has 184 valence electrons. The van der Waals surface area contributed by atoms with Gasteiger partial charge in [-0.15, -0.1) is 5.11 Å². The fourth-order valence-electron chi connectivity index (χ4n) is 5.32. The summed E-state index contributed by atoms with van der Waals surface area (Å²) in [5, 5.41) is 13.3. The molecular formula is C32H24ClN5. The maximum Gasteiger partial charge on any atom is 0.111 e. The van der Waals surface area contributed by atoms with E-state index in [4.69, 9.17) is 11.6 Å². The Kier molecular flexibility index (Phi) is 5.38. The molecule has 0 N–H and O–H groups in total. The molecule has 0 aliphatic rings. The van der Waals surface area contributed by atoms with Gasteiger partial charge in [-0.1, -0.05) is 66.2 Å². The predicted octanol–water partition coefficient (Wildman–Crippen LogP) is 9.33. The van der Waals surface area contributed by atoms with Crippen LogP contribution in [0, 0.1) is 0 Å². The molecule has 4 aromatic carbocycles. The van der Waals surface area contributed by atoms with E-state index in [2.05, 4.69) is 116 Å². The Morgan fingerprint density at radius 3 is 2.05 bits per heavy atom. The molecule has 5 nitrogen and oxygen atoms in total. The Labute approximate surface area is 224 Å². The summed E-state index contributed by atoms with van der Waals surface area (Å²) in [5.41, 5.74) is 7.56. The molecule has 0 atom stereocenters. The van der Waals surface area contributed by atoms with Crippen LogP contribution in [0.1, 0.15) is 0 Å². The smallest absolute Gasteiger partial charge is 0.111 e. The summed E-state index contributed by atoms with van der Waals surface area (Å²) in [5.74, 6) is 0. The summed E-state index contributed by atoms with van der Waals surface area (Å²) in [4.78, 5) is 0. The van der Waals surface area contributed by atoms with Gasteiger partial charge in [-0.3, -0.25) is 0 Å². The van der Waals surface area contributed by atoms with E-state index in [1.54, 1.807) is 0 Å². The van der Waals surface area contributed by atoms with Gasteiger partial charge in [0.05, 0.1) is 29.1 Å². The molecule has 3 aromatic heterocycles. The minimum absolute atomic E-state index is 0.654. The van der Waals surface area contributed by atoms with E-state index in [0.717, 1.165) is 22.3 Å². The third kappa shape index (κ3) is 3.80. The van der Waals surface area contributed by atoms with Gasteiger partial charge in [-0.25, -0.2) is 0 Å². The van der Waals surface area contributed by atoms with E-state index in [1.165, 1.54) is 33.1 Å². The number of hydrogen-bond acceptors (Lipinski definition) is 2. The largest absolute Gasteiger partial charge is 0.344 e. The van der Waals surface area contributed by atoms with Gasteiger partial charge in [0.15, 0.2) is 0 Å². The Morgan fingerprint density at radius 1 is 0.658 bits per heavy atom. The lowest BCUT2D eigenvalue weighted by atomic mass is 10.1. The zero-order valence-corrected chi connectivity index (χ0v) is 21.5. The second-order valence-electron chi connectivity index (χ2n) is 9.50. The molecule has 0 spiro atoms. The van der Waals surface area contributed by atoms with E-state index in [1.807, 2.05) is 30.3 Å². The summed E-state index contributed by atoms with van der Waals surface area (Å²) in [6, 6.07) is 35.1. The SMILES string of the molecule is Cn1c(-c2cn(Cn3cc(N=Nc4ccc(Cl)cc4)c4ccccc43)c3ccccc23)cc2ccccc21. The zero-order valence-electron chi connectivity index (χ0n) is 20.8. The molecule has 0 fully saturated rings. The third-order valence-corrected chi connectivity index (χ3v) is 7.44. The third-order valence-electron chi connectivity index (χ3n) is 7.19. The van der Waals surface area contributed by atoms with Crippen molar-refractivity contribution in [2.75, 3.05) is 0 Å². The van der Waals surface area contributed by atoms with Crippen LogP contribution in [0.5, 0.6) is 0 Å². The van der Waals surface area contributed by atoms with Gasteiger partial charge in [0.2, 0.25) is 0 Å². The van der Waals surface area contributed by atoms with E-state index in [0.29, 0.717) is 11.7 Å². The zero-order chi connectivity index (χ0) is 25.6. The molecule has 0 radical (unpaired) electrons. The van der Waals surface area contributed by atoms with Crippen LogP contribution in [-0.2, 0) is 13.7 Å². The minimum Gasteiger partial charge on any atom is -0.344 e. The molecule has 0 aliphatic heterocycles. The summed E-state index contributed by atoms with van der Waals surface area (Å²) in [6.45, 7) is 0.654. The van der Waals surface area contributed by atoms with E-state index >= 15 is 0 Å². The van der Waals surface area contributed by atoms with E-state index < -0.39 is 0 Å². The van der Waals surface area contributed by atoms with Crippen molar-refractivity contribution >= 4 is 55.7 Å². The predicted molar refractivity (Wildman–Crippen MR) is 157 cm³/mol. The molecule has 7 aromatic rings. The number of nitrogens with zero attached hydrogens (tertiary/aromatic N) is 5. The summed E-state index contributed by atoms with van der Waals surface area (Å²) < 4.78 is 6.83. The number of rotatable bonds is 5. The summed E-state index contributed by atoms with van der Waals surface area (Å²) in [6.07, 6.45) is 4.35.